The summed E-state index contributed by atoms with van der Waals surface area (Å²) in [6.45, 7) is 3.44. The maximum atomic E-state index is 13.0. The number of nitrogens with one attached hydrogen (secondary N) is 1. The number of nitrogens with zero attached hydrogens (tertiary/aromatic N) is 1. The number of anilines is 1. The Bertz CT molecular complexity index is 849. The molecule has 0 unspecified atom stereocenters. The highest BCUT2D eigenvalue weighted by Crippen LogP contribution is 2.19. The fourth-order valence-electron chi connectivity index (χ4n) is 2.55. The Morgan fingerprint density at radius 2 is 1.69 bits per heavy atom. The van der Waals surface area contributed by atoms with Gasteiger partial charge in [-0.3, -0.25) is 9.10 Å². The molecular formula is C19H23FN2O3S. The molecule has 2 aromatic carbocycles. The van der Waals surface area contributed by atoms with Crippen LogP contribution in [0.1, 0.15) is 31.0 Å². The van der Waals surface area contributed by atoms with Crippen molar-refractivity contribution < 1.29 is 17.6 Å². The lowest BCUT2D eigenvalue weighted by molar-refractivity contribution is -0.120. The van der Waals surface area contributed by atoms with Gasteiger partial charge >= 0.3 is 0 Å². The number of amides is 1. The van der Waals surface area contributed by atoms with Gasteiger partial charge in [0.15, 0.2) is 0 Å². The Balaban J connectivity index is 2.12. The number of carbonyl (C=O) groups is 1. The highest BCUT2D eigenvalue weighted by atomic mass is 32.2. The van der Waals surface area contributed by atoms with Gasteiger partial charge in [0.25, 0.3) is 0 Å². The molecule has 1 amide bonds. The molecule has 0 fully saturated rings. The van der Waals surface area contributed by atoms with Gasteiger partial charge in [-0.15, -0.1) is 0 Å². The normalized spacial score (nSPS) is 12.5. The van der Waals surface area contributed by atoms with Crippen molar-refractivity contribution in [3.63, 3.8) is 0 Å². The van der Waals surface area contributed by atoms with Crippen LogP contribution >= 0.6 is 0 Å². The second kappa shape index (κ2) is 8.31. The molecule has 0 aliphatic rings. The summed E-state index contributed by atoms with van der Waals surface area (Å²) in [4.78, 5) is 12.4. The second-order valence-corrected chi connectivity index (χ2v) is 8.04. The Kier molecular flexibility index (Phi) is 6.37. The van der Waals surface area contributed by atoms with Crippen molar-refractivity contribution in [3.8, 4) is 0 Å². The predicted octanol–water partition coefficient (Wildman–Crippen LogP) is 3.03. The SMILES string of the molecule is CCc1ccc(N(CC(=O)N[C@@H](C)c2ccc(F)cc2)S(C)(=O)=O)cc1. The van der Waals surface area contributed by atoms with Crippen LogP contribution in [-0.4, -0.2) is 27.1 Å². The Hall–Kier alpha value is -2.41. The van der Waals surface area contributed by atoms with Crippen LogP contribution < -0.4 is 9.62 Å². The lowest BCUT2D eigenvalue weighted by Gasteiger charge is -2.23. The quantitative estimate of drug-likeness (QED) is 0.805. The van der Waals surface area contributed by atoms with Gasteiger partial charge in [-0.1, -0.05) is 31.2 Å². The van der Waals surface area contributed by atoms with E-state index >= 15 is 0 Å². The highest BCUT2D eigenvalue weighted by Gasteiger charge is 2.21. The van der Waals surface area contributed by atoms with E-state index in [2.05, 4.69) is 5.32 Å². The molecular weight excluding hydrogens is 355 g/mol. The third kappa shape index (κ3) is 5.29. The van der Waals surface area contributed by atoms with E-state index in [9.17, 15) is 17.6 Å². The summed E-state index contributed by atoms with van der Waals surface area (Å²) in [6, 6.07) is 12.5. The summed E-state index contributed by atoms with van der Waals surface area (Å²) < 4.78 is 38.3. The first kappa shape index (κ1) is 19.9. The molecule has 0 saturated heterocycles. The molecule has 0 spiro atoms. The molecule has 0 radical (unpaired) electrons. The zero-order valence-electron chi connectivity index (χ0n) is 15.1. The molecule has 0 aliphatic carbocycles. The zero-order chi connectivity index (χ0) is 19.3. The van der Waals surface area contributed by atoms with Crippen molar-refractivity contribution in [1.29, 1.82) is 0 Å². The van der Waals surface area contributed by atoms with E-state index in [0.717, 1.165) is 28.1 Å². The van der Waals surface area contributed by atoms with Crippen LogP contribution in [0.15, 0.2) is 48.5 Å². The van der Waals surface area contributed by atoms with Crippen LogP contribution in [-0.2, 0) is 21.2 Å². The van der Waals surface area contributed by atoms with Gasteiger partial charge in [-0.05, 0) is 48.7 Å². The summed E-state index contributed by atoms with van der Waals surface area (Å²) in [5.74, 6) is -0.794. The van der Waals surface area contributed by atoms with Crippen molar-refractivity contribution >= 4 is 21.6 Å². The summed E-state index contributed by atoms with van der Waals surface area (Å²) in [6.07, 6.45) is 1.91. The molecule has 140 valence electrons. The van der Waals surface area contributed by atoms with E-state index in [1.54, 1.807) is 31.2 Å². The van der Waals surface area contributed by atoms with Crippen LogP contribution in [0, 0.1) is 5.82 Å². The summed E-state index contributed by atoms with van der Waals surface area (Å²) >= 11 is 0. The van der Waals surface area contributed by atoms with Crippen LogP contribution in [0.5, 0.6) is 0 Å². The number of carbonyl (C=O) groups excluding carboxylic acids is 1. The molecule has 1 N–H and O–H groups in total. The van der Waals surface area contributed by atoms with Crippen molar-refractivity contribution in [2.45, 2.75) is 26.3 Å². The molecule has 0 saturated carbocycles. The van der Waals surface area contributed by atoms with E-state index < -0.39 is 15.9 Å². The molecule has 0 heterocycles. The van der Waals surface area contributed by atoms with Gasteiger partial charge in [0, 0.05) is 0 Å². The molecule has 2 rings (SSSR count). The predicted molar refractivity (Wildman–Crippen MR) is 101 cm³/mol. The molecule has 1 atom stereocenters. The summed E-state index contributed by atoms with van der Waals surface area (Å²) in [5.41, 5.74) is 2.25. The second-order valence-electron chi connectivity index (χ2n) is 6.13. The van der Waals surface area contributed by atoms with Crippen molar-refractivity contribution in [2.24, 2.45) is 0 Å². The number of halogens is 1. The van der Waals surface area contributed by atoms with E-state index in [0.29, 0.717) is 5.69 Å². The van der Waals surface area contributed by atoms with Crippen LogP contribution in [0.4, 0.5) is 10.1 Å². The third-order valence-electron chi connectivity index (χ3n) is 4.07. The minimum Gasteiger partial charge on any atom is -0.348 e. The largest absolute Gasteiger partial charge is 0.348 e. The Labute approximate surface area is 153 Å². The molecule has 0 bridgehead atoms. The average Bonchev–Trinajstić information content (AvgIpc) is 2.59. The zero-order valence-corrected chi connectivity index (χ0v) is 15.9. The number of rotatable bonds is 7. The van der Waals surface area contributed by atoms with Gasteiger partial charge in [0.2, 0.25) is 15.9 Å². The van der Waals surface area contributed by atoms with Crippen molar-refractivity contribution in [1.82, 2.24) is 5.32 Å². The molecule has 2 aromatic rings. The minimum atomic E-state index is -3.62. The molecule has 0 aliphatic heterocycles. The smallest absolute Gasteiger partial charge is 0.241 e. The number of sulfonamides is 1. The Morgan fingerprint density at radius 1 is 1.12 bits per heavy atom. The van der Waals surface area contributed by atoms with Crippen LogP contribution in [0.3, 0.4) is 0 Å². The molecule has 0 aromatic heterocycles. The van der Waals surface area contributed by atoms with Gasteiger partial charge < -0.3 is 5.32 Å². The first-order valence-electron chi connectivity index (χ1n) is 8.32. The maximum absolute atomic E-state index is 13.0. The van der Waals surface area contributed by atoms with E-state index in [-0.39, 0.29) is 18.4 Å². The molecule has 5 nitrogen and oxygen atoms in total. The summed E-state index contributed by atoms with van der Waals surface area (Å²) in [7, 11) is -3.62. The van der Waals surface area contributed by atoms with E-state index in [4.69, 9.17) is 0 Å². The van der Waals surface area contributed by atoms with Crippen molar-refractivity contribution in [2.75, 3.05) is 17.1 Å². The van der Waals surface area contributed by atoms with Crippen molar-refractivity contribution in [3.05, 3.63) is 65.5 Å². The van der Waals surface area contributed by atoms with E-state index in [1.807, 2.05) is 19.1 Å². The van der Waals surface area contributed by atoms with Gasteiger partial charge in [0.1, 0.15) is 12.4 Å². The molecule has 7 heteroatoms. The van der Waals surface area contributed by atoms with Crippen LogP contribution in [0.2, 0.25) is 0 Å². The third-order valence-corrected chi connectivity index (χ3v) is 5.21. The monoisotopic (exact) mass is 378 g/mol. The number of hydrogen-bond donors (Lipinski definition) is 1. The van der Waals surface area contributed by atoms with Gasteiger partial charge in [0.05, 0.1) is 18.0 Å². The minimum absolute atomic E-state index is 0.324. The topological polar surface area (TPSA) is 66.5 Å². The first-order valence-corrected chi connectivity index (χ1v) is 10.2. The highest BCUT2D eigenvalue weighted by molar-refractivity contribution is 7.92. The van der Waals surface area contributed by atoms with E-state index in [1.165, 1.54) is 12.1 Å². The van der Waals surface area contributed by atoms with Crippen LogP contribution in [0.25, 0.3) is 0 Å². The standard InChI is InChI=1S/C19H23FN2O3S/c1-4-15-5-11-18(12-6-15)22(26(3,24)25)13-19(23)21-14(2)16-7-9-17(20)10-8-16/h5-12,14H,4,13H2,1-3H3,(H,21,23)/t14-/m0/s1. The lowest BCUT2D eigenvalue weighted by Crippen LogP contribution is -2.41. The number of hydrogen-bond acceptors (Lipinski definition) is 3. The van der Waals surface area contributed by atoms with Gasteiger partial charge in [-0.2, -0.15) is 0 Å². The Morgan fingerprint density at radius 3 is 2.19 bits per heavy atom. The summed E-state index contributed by atoms with van der Waals surface area (Å²) in [5, 5.41) is 2.74. The lowest BCUT2D eigenvalue weighted by atomic mass is 10.1. The van der Waals surface area contributed by atoms with Gasteiger partial charge in [-0.25, -0.2) is 12.8 Å². The average molecular weight is 378 g/mol. The maximum Gasteiger partial charge on any atom is 0.241 e. The fourth-order valence-corrected chi connectivity index (χ4v) is 3.41. The first-order chi connectivity index (χ1) is 12.2. The fraction of sp³-hybridized carbons (Fsp3) is 0.316. The number of benzene rings is 2. The number of aryl methyl sites for hydroxylation is 1. The molecule has 26 heavy (non-hydrogen) atoms.